The molecule has 2 N–H and O–H groups in total. The Bertz CT molecular complexity index is 355. The van der Waals surface area contributed by atoms with Crippen molar-refractivity contribution in [3.63, 3.8) is 0 Å². The number of alkyl halides is 1. The number of halogens is 3. The van der Waals surface area contributed by atoms with Crippen LogP contribution >= 0.6 is 15.9 Å². The van der Waals surface area contributed by atoms with Gasteiger partial charge in [0.05, 0.1) is 0 Å². The quantitative estimate of drug-likeness (QED) is 0.896. The second-order valence-corrected chi connectivity index (χ2v) is 5.13. The maximum atomic E-state index is 14.2. The number of hydrogen-bond acceptors (Lipinski definition) is 1. The average molecular weight is 292 g/mol. The summed E-state index contributed by atoms with van der Waals surface area (Å²) >= 11 is 3.21. The third-order valence-electron chi connectivity index (χ3n) is 2.76. The Hall–Kier alpha value is -0.480. The second kappa shape index (κ2) is 5.73. The largest absolute Gasteiger partial charge is 0.330 e. The van der Waals surface area contributed by atoms with Gasteiger partial charge in [-0.05, 0) is 30.7 Å². The minimum atomic E-state index is -1.36. The zero-order valence-electron chi connectivity index (χ0n) is 9.38. The number of rotatable bonds is 4. The summed E-state index contributed by atoms with van der Waals surface area (Å²) < 4.78 is 28.3. The van der Waals surface area contributed by atoms with Crippen molar-refractivity contribution in [3.8, 4) is 0 Å². The van der Waals surface area contributed by atoms with Gasteiger partial charge in [-0.1, -0.05) is 29.8 Å². The van der Waals surface area contributed by atoms with Gasteiger partial charge in [0.2, 0.25) is 0 Å². The molecule has 90 valence electrons. The van der Waals surface area contributed by atoms with Gasteiger partial charge in [-0.15, -0.1) is 0 Å². The van der Waals surface area contributed by atoms with Gasteiger partial charge in [-0.2, -0.15) is 0 Å². The highest BCUT2D eigenvalue weighted by Gasteiger charge is 2.26. The molecule has 0 heterocycles. The molecule has 0 saturated carbocycles. The van der Waals surface area contributed by atoms with Crippen LogP contribution in [0.5, 0.6) is 0 Å². The van der Waals surface area contributed by atoms with Gasteiger partial charge in [0.25, 0.3) is 0 Å². The molecule has 0 aliphatic rings. The number of benzene rings is 1. The summed E-state index contributed by atoms with van der Waals surface area (Å²) in [5.41, 5.74) is 5.61. The maximum Gasteiger partial charge on any atom is 0.132 e. The Morgan fingerprint density at radius 2 is 2.00 bits per heavy atom. The van der Waals surface area contributed by atoms with E-state index in [2.05, 4.69) is 15.9 Å². The van der Waals surface area contributed by atoms with Crippen LogP contribution in [0.2, 0.25) is 0 Å². The smallest absolute Gasteiger partial charge is 0.132 e. The van der Waals surface area contributed by atoms with Crippen LogP contribution in [0.25, 0.3) is 0 Å². The van der Waals surface area contributed by atoms with Gasteiger partial charge >= 0.3 is 0 Å². The molecule has 0 aromatic heterocycles. The molecule has 1 nitrogen and oxygen atoms in total. The van der Waals surface area contributed by atoms with Crippen molar-refractivity contribution in [2.24, 2.45) is 17.6 Å². The molecule has 2 atom stereocenters. The molecule has 0 radical (unpaired) electrons. The highest BCUT2D eigenvalue weighted by molar-refractivity contribution is 9.10. The molecule has 0 aliphatic carbocycles. The van der Waals surface area contributed by atoms with Crippen LogP contribution in [0.4, 0.5) is 8.78 Å². The molecule has 1 rings (SSSR count). The van der Waals surface area contributed by atoms with Crippen LogP contribution in [0.1, 0.15) is 25.6 Å². The lowest BCUT2D eigenvalue weighted by Crippen LogP contribution is -2.25. The summed E-state index contributed by atoms with van der Waals surface area (Å²) in [5.74, 6) is -0.794. The normalized spacial score (nSPS) is 15.2. The predicted octanol–water partition coefficient (Wildman–Crippen LogP) is 3.83. The van der Waals surface area contributed by atoms with Crippen molar-refractivity contribution in [2.75, 3.05) is 6.54 Å². The average Bonchev–Trinajstić information content (AvgIpc) is 2.22. The first-order chi connectivity index (χ1) is 7.47. The standard InChI is InChI=1S/C12H16BrF2N/c1-7(2)10(6-16)12(15)9-5-8(13)3-4-11(9)14/h3-5,7,10,12H,6,16H2,1-2H3. The van der Waals surface area contributed by atoms with Crippen LogP contribution in [-0.2, 0) is 0 Å². The van der Waals surface area contributed by atoms with E-state index in [0.29, 0.717) is 4.47 Å². The highest BCUT2D eigenvalue weighted by atomic mass is 79.9. The van der Waals surface area contributed by atoms with Gasteiger partial charge in [-0.3, -0.25) is 0 Å². The topological polar surface area (TPSA) is 26.0 Å². The predicted molar refractivity (Wildman–Crippen MR) is 65.3 cm³/mol. The zero-order valence-corrected chi connectivity index (χ0v) is 11.0. The molecule has 1 aromatic rings. The fraction of sp³-hybridized carbons (Fsp3) is 0.500. The van der Waals surface area contributed by atoms with Crippen LogP contribution < -0.4 is 5.73 Å². The van der Waals surface area contributed by atoms with Gasteiger partial charge in [0.1, 0.15) is 12.0 Å². The van der Waals surface area contributed by atoms with Gasteiger partial charge < -0.3 is 5.73 Å². The summed E-state index contributed by atoms with van der Waals surface area (Å²) in [6, 6.07) is 4.29. The molecule has 0 fully saturated rings. The maximum absolute atomic E-state index is 14.2. The molecule has 0 aliphatic heterocycles. The number of hydrogen-bond donors (Lipinski definition) is 1. The summed E-state index contributed by atoms with van der Waals surface area (Å²) in [4.78, 5) is 0. The molecule has 16 heavy (non-hydrogen) atoms. The lowest BCUT2D eigenvalue weighted by atomic mass is 9.87. The third-order valence-corrected chi connectivity index (χ3v) is 3.25. The molecule has 0 amide bonds. The molecule has 0 saturated heterocycles. The molecular formula is C12H16BrF2N. The number of nitrogens with two attached hydrogens (primary N) is 1. The van der Waals surface area contributed by atoms with Crippen LogP contribution in [-0.4, -0.2) is 6.54 Å². The molecule has 2 unspecified atom stereocenters. The van der Waals surface area contributed by atoms with Crippen molar-refractivity contribution in [1.82, 2.24) is 0 Å². The fourth-order valence-corrected chi connectivity index (χ4v) is 2.06. The van der Waals surface area contributed by atoms with E-state index >= 15 is 0 Å². The van der Waals surface area contributed by atoms with Crippen molar-refractivity contribution in [1.29, 1.82) is 0 Å². The summed E-state index contributed by atoms with van der Waals surface area (Å²) in [5, 5.41) is 0. The van der Waals surface area contributed by atoms with Crippen molar-refractivity contribution in [2.45, 2.75) is 20.0 Å². The van der Waals surface area contributed by atoms with E-state index in [1.54, 1.807) is 6.07 Å². The highest BCUT2D eigenvalue weighted by Crippen LogP contribution is 2.33. The molecule has 0 spiro atoms. The van der Waals surface area contributed by atoms with E-state index in [-0.39, 0.29) is 23.9 Å². The first kappa shape index (κ1) is 13.6. The molecule has 4 heteroatoms. The van der Waals surface area contributed by atoms with E-state index in [1.165, 1.54) is 12.1 Å². The van der Waals surface area contributed by atoms with Gasteiger partial charge in [-0.25, -0.2) is 8.78 Å². The Labute approximate surface area is 103 Å². The van der Waals surface area contributed by atoms with Crippen molar-refractivity contribution in [3.05, 3.63) is 34.1 Å². The first-order valence-electron chi connectivity index (χ1n) is 5.26. The first-order valence-corrected chi connectivity index (χ1v) is 6.05. The van der Waals surface area contributed by atoms with E-state index in [0.717, 1.165) is 0 Å². The van der Waals surface area contributed by atoms with E-state index in [9.17, 15) is 8.78 Å². The summed E-state index contributed by atoms with van der Waals surface area (Å²) in [6.07, 6.45) is -1.36. The van der Waals surface area contributed by atoms with Gasteiger partial charge in [0.15, 0.2) is 0 Å². The summed E-state index contributed by atoms with van der Waals surface area (Å²) in [6.45, 7) is 3.99. The molecule has 0 bridgehead atoms. The monoisotopic (exact) mass is 291 g/mol. The molecular weight excluding hydrogens is 276 g/mol. The fourth-order valence-electron chi connectivity index (χ4n) is 1.69. The lowest BCUT2D eigenvalue weighted by Gasteiger charge is -2.23. The third kappa shape index (κ3) is 3.01. The Morgan fingerprint density at radius 3 is 2.50 bits per heavy atom. The lowest BCUT2D eigenvalue weighted by molar-refractivity contribution is 0.184. The SMILES string of the molecule is CC(C)C(CN)C(F)c1cc(Br)ccc1F. The Balaban J connectivity index is 3.02. The van der Waals surface area contributed by atoms with E-state index in [1.807, 2.05) is 13.8 Å². The van der Waals surface area contributed by atoms with Crippen LogP contribution in [0, 0.1) is 17.7 Å². The van der Waals surface area contributed by atoms with E-state index in [4.69, 9.17) is 5.73 Å². The van der Waals surface area contributed by atoms with Crippen LogP contribution in [0.3, 0.4) is 0 Å². The van der Waals surface area contributed by atoms with E-state index < -0.39 is 12.0 Å². The Morgan fingerprint density at radius 1 is 1.38 bits per heavy atom. The van der Waals surface area contributed by atoms with Gasteiger partial charge in [0, 0.05) is 16.0 Å². The Kier molecular flexibility index (Phi) is 4.87. The molecule has 1 aromatic carbocycles. The van der Waals surface area contributed by atoms with Crippen molar-refractivity contribution < 1.29 is 8.78 Å². The second-order valence-electron chi connectivity index (χ2n) is 4.21. The van der Waals surface area contributed by atoms with Crippen molar-refractivity contribution >= 4 is 15.9 Å². The minimum Gasteiger partial charge on any atom is -0.330 e. The zero-order chi connectivity index (χ0) is 12.3. The minimum absolute atomic E-state index is 0.0818. The van der Waals surface area contributed by atoms with Crippen LogP contribution in [0.15, 0.2) is 22.7 Å². The summed E-state index contributed by atoms with van der Waals surface area (Å²) in [7, 11) is 0.